The predicted octanol–water partition coefficient (Wildman–Crippen LogP) is 2.57. The Bertz CT molecular complexity index is 1050. The smallest absolute Gasteiger partial charge is 0.275 e. The second-order valence-corrected chi connectivity index (χ2v) is 7.63. The van der Waals surface area contributed by atoms with Crippen molar-refractivity contribution in [3.63, 3.8) is 0 Å². The number of hydrogen-bond acceptors (Lipinski definition) is 7. The van der Waals surface area contributed by atoms with Crippen molar-refractivity contribution in [1.29, 1.82) is 0 Å². The minimum absolute atomic E-state index is 0.146. The van der Waals surface area contributed by atoms with Crippen molar-refractivity contribution < 1.29 is 9.53 Å². The Morgan fingerprint density at radius 3 is 2.83 bits per heavy atom. The maximum Gasteiger partial charge on any atom is 0.275 e. The number of benzene rings is 1. The molecule has 154 valence electrons. The molecule has 0 aliphatic carbocycles. The Hall–Kier alpha value is -2.78. The molecule has 1 aromatic carbocycles. The number of para-hydroxylation sites is 2. The normalized spacial score (nSPS) is 11.2. The van der Waals surface area contributed by atoms with Crippen molar-refractivity contribution in [2.24, 2.45) is 0 Å². The van der Waals surface area contributed by atoms with Crippen LogP contribution in [0.5, 0.6) is 5.75 Å². The van der Waals surface area contributed by atoms with Crippen LogP contribution in [0.4, 0.5) is 5.69 Å². The van der Waals surface area contributed by atoms with Gasteiger partial charge in [0, 0.05) is 12.6 Å². The van der Waals surface area contributed by atoms with Crippen molar-refractivity contribution in [2.75, 3.05) is 25.5 Å². The van der Waals surface area contributed by atoms with Crippen LogP contribution >= 0.6 is 11.3 Å². The molecule has 0 unspecified atom stereocenters. The average molecular weight is 416 g/mol. The summed E-state index contributed by atoms with van der Waals surface area (Å²) in [6, 6.07) is 8.78. The molecule has 1 N–H and O–H groups in total. The molecule has 9 heteroatoms. The van der Waals surface area contributed by atoms with Crippen molar-refractivity contribution in [1.82, 2.24) is 19.5 Å². The van der Waals surface area contributed by atoms with Gasteiger partial charge in [-0.25, -0.2) is 4.98 Å². The summed E-state index contributed by atoms with van der Waals surface area (Å²) < 4.78 is 6.62. The maximum absolute atomic E-state index is 12.6. The van der Waals surface area contributed by atoms with Crippen molar-refractivity contribution in [3.8, 4) is 5.75 Å². The van der Waals surface area contributed by atoms with Gasteiger partial charge in [0.25, 0.3) is 5.56 Å². The molecule has 0 bridgehead atoms. The van der Waals surface area contributed by atoms with E-state index in [9.17, 15) is 9.59 Å². The van der Waals surface area contributed by atoms with Crippen LogP contribution in [-0.2, 0) is 17.8 Å². The Morgan fingerprint density at radius 1 is 1.31 bits per heavy atom. The van der Waals surface area contributed by atoms with Crippen LogP contribution in [-0.4, -0.2) is 45.6 Å². The lowest BCUT2D eigenvalue weighted by Crippen LogP contribution is -2.34. The monoisotopic (exact) mass is 415 g/mol. The molecule has 3 aromatic rings. The minimum atomic E-state index is -0.198. The molecule has 2 aromatic heterocycles. The van der Waals surface area contributed by atoms with Gasteiger partial charge in [-0.3, -0.25) is 14.5 Å². The summed E-state index contributed by atoms with van der Waals surface area (Å²) in [6.07, 6.45) is 1.64. The molecule has 0 radical (unpaired) electrons. The number of nitrogens with zero attached hydrogens (tertiary/aromatic N) is 4. The van der Waals surface area contributed by atoms with Crippen LogP contribution in [0.25, 0.3) is 4.96 Å². The summed E-state index contributed by atoms with van der Waals surface area (Å²) in [4.78, 5) is 32.1. The van der Waals surface area contributed by atoms with E-state index in [0.717, 1.165) is 17.8 Å². The Balaban J connectivity index is 1.73. The van der Waals surface area contributed by atoms with E-state index in [-0.39, 0.29) is 18.0 Å². The summed E-state index contributed by atoms with van der Waals surface area (Å²) in [7, 11) is 1.57. The molecular formula is C20H25N5O3S. The van der Waals surface area contributed by atoms with Crippen molar-refractivity contribution in [2.45, 2.75) is 33.2 Å². The number of carbonyl (C=O) groups excluding carboxylic acids is 1. The number of amides is 1. The summed E-state index contributed by atoms with van der Waals surface area (Å²) in [5.74, 6) is 0.465. The van der Waals surface area contributed by atoms with Crippen LogP contribution in [0, 0.1) is 0 Å². The molecule has 1 amide bonds. The summed E-state index contributed by atoms with van der Waals surface area (Å²) in [6.45, 7) is 5.36. The highest BCUT2D eigenvalue weighted by Gasteiger charge is 2.15. The molecule has 0 saturated heterocycles. The van der Waals surface area contributed by atoms with Crippen LogP contribution < -0.4 is 15.6 Å². The van der Waals surface area contributed by atoms with Gasteiger partial charge in [-0.15, -0.1) is 0 Å². The number of ether oxygens (including phenoxy) is 1. The molecule has 0 spiro atoms. The number of nitrogens with one attached hydrogen (secondary N) is 1. The molecule has 0 aliphatic rings. The van der Waals surface area contributed by atoms with Gasteiger partial charge in [0.05, 0.1) is 25.0 Å². The lowest BCUT2D eigenvalue weighted by atomic mass is 10.3. The Morgan fingerprint density at radius 2 is 2.10 bits per heavy atom. The fourth-order valence-corrected chi connectivity index (χ4v) is 3.88. The summed E-state index contributed by atoms with van der Waals surface area (Å²) in [5, 5.41) is 8.03. The number of anilines is 1. The third-order valence-corrected chi connectivity index (χ3v) is 5.37. The predicted molar refractivity (Wildman–Crippen MR) is 114 cm³/mol. The van der Waals surface area contributed by atoms with E-state index >= 15 is 0 Å². The van der Waals surface area contributed by atoms with E-state index in [1.807, 2.05) is 30.9 Å². The molecule has 0 aliphatic heterocycles. The third kappa shape index (κ3) is 5.18. The Kier molecular flexibility index (Phi) is 6.95. The first-order chi connectivity index (χ1) is 14.0. The minimum Gasteiger partial charge on any atom is -0.495 e. The van der Waals surface area contributed by atoms with Gasteiger partial charge in [-0.1, -0.05) is 37.3 Å². The topological polar surface area (TPSA) is 88.8 Å². The lowest BCUT2D eigenvalue weighted by molar-refractivity contribution is -0.117. The van der Waals surface area contributed by atoms with E-state index in [0.29, 0.717) is 35.2 Å². The number of carbonyl (C=O) groups is 1. The summed E-state index contributed by atoms with van der Waals surface area (Å²) in [5.41, 5.74) is 1.07. The highest BCUT2D eigenvalue weighted by atomic mass is 32.1. The second kappa shape index (κ2) is 9.62. The summed E-state index contributed by atoms with van der Waals surface area (Å²) >= 11 is 1.41. The standard InChI is InChI=1S/C20H25N5O3S/c1-4-10-24(13-17(26)22-15-8-6-7-9-16(15)28-3)12-14-11-19(27)25-20(21-14)29-18(5-2)23-25/h6-9,11H,4-5,10,12-13H2,1-3H3,(H,22,26). The van der Waals surface area contributed by atoms with Crippen molar-refractivity contribution >= 4 is 27.9 Å². The zero-order valence-electron chi connectivity index (χ0n) is 16.8. The highest BCUT2D eigenvalue weighted by Crippen LogP contribution is 2.23. The molecule has 0 fully saturated rings. The molecule has 2 heterocycles. The van der Waals surface area contributed by atoms with Crippen LogP contribution in [0.2, 0.25) is 0 Å². The van der Waals surface area contributed by atoms with Crippen molar-refractivity contribution in [3.05, 3.63) is 51.4 Å². The van der Waals surface area contributed by atoms with E-state index in [1.54, 1.807) is 19.2 Å². The largest absolute Gasteiger partial charge is 0.495 e. The van der Waals surface area contributed by atoms with Gasteiger partial charge in [-0.05, 0) is 31.5 Å². The zero-order chi connectivity index (χ0) is 20.8. The maximum atomic E-state index is 12.6. The number of aromatic nitrogens is 3. The number of rotatable bonds is 9. The van der Waals surface area contributed by atoms with Gasteiger partial charge >= 0.3 is 0 Å². The highest BCUT2D eigenvalue weighted by molar-refractivity contribution is 7.16. The van der Waals surface area contributed by atoms with Gasteiger partial charge in [0.2, 0.25) is 10.9 Å². The lowest BCUT2D eigenvalue weighted by Gasteiger charge is -2.21. The zero-order valence-corrected chi connectivity index (χ0v) is 17.7. The molecule has 0 saturated carbocycles. The number of aryl methyl sites for hydroxylation is 1. The number of fused-ring (bicyclic) bond motifs is 1. The fraction of sp³-hybridized carbons (Fsp3) is 0.400. The van der Waals surface area contributed by atoms with E-state index in [4.69, 9.17) is 4.74 Å². The van der Waals surface area contributed by atoms with E-state index in [1.165, 1.54) is 21.9 Å². The first-order valence-electron chi connectivity index (χ1n) is 9.58. The van der Waals surface area contributed by atoms with Gasteiger partial charge < -0.3 is 10.1 Å². The number of hydrogen-bond donors (Lipinski definition) is 1. The quantitative estimate of drug-likeness (QED) is 0.578. The molecule has 8 nitrogen and oxygen atoms in total. The van der Waals surface area contributed by atoms with E-state index in [2.05, 4.69) is 15.4 Å². The van der Waals surface area contributed by atoms with Crippen LogP contribution in [0.15, 0.2) is 35.1 Å². The number of methoxy groups -OCH3 is 1. The SMILES string of the molecule is CCCN(CC(=O)Nc1ccccc1OC)Cc1cc(=O)n2nc(CC)sc2n1. The Labute approximate surface area is 173 Å². The first-order valence-corrected chi connectivity index (χ1v) is 10.4. The molecule has 29 heavy (non-hydrogen) atoms. The van der Waals surface area contributed by atoms with E-state index < -0.39 is 0 Å². The average Bonchev–Trinajstić information content (AvgIpc) is 3.12. The first kappa shape index (κ1) is 20.9. The third-order valence-electron chi connectivity index (χ3n) is 4.32. The van der Waals surface area contributed by atoms with Crippen LogP contribution in [0.3, 0.4) is 0 Å². The molecule has 0 atom stereocenters. The second-order valence-electron chi connectivity index (χ2n) is 6.59. The van der Waals surface area contributed by atoms with Gasteiger partial charge in [-0.2, -0.15) is 9.61 Å². The molecular weight excluding hydrogens is 390 g/mol. The molecule has 3 rings (SSSR count). The fourth-order valence-electron chi connectivity index (χ4n) is 3.02. The van der Waals surface area contributed by atoms with Crippen LogP contribution in [0.1, 0.15) is 31.0 Å². The van der Waals surface area contributed by atoms with Gasteiger partial charge in [0.1, 0.15) is 10.8 Å². The van der Waals surface area contributed by atoms with Gasteiger partial charge in [0.15, 0.2) is 0 Å².